The van der Waals surface area contributed by atoms with Crippen molar-refractivity contribution in [3.05, 3.63) is 52.5 Å². The summed E-state index contributed by atoms with van der Waals surface area (Å²) in [7, 11) is 0. The summed E-state index contributed by atoms with van der Waals surface area (Å²) in [5, 5.41) is 3.19. The number of anilines is 1. The summed E-state index contributed by atoms with van der Waals surface area (Å²) in [6, 6.07) is 8.80. The Balaban J connectivity index is 2.02. The fourth-order valence-electron chi connectivity index (χ4n) is 1.28. The summed E-state index contributed by atoms with van der Waals surface area (Å²) in [4.78, 5) is 3.09. The number of rotatable bonds is 3. The van der Waals surface area contributed by atoms with Gasteiger partial charge in [0.15, 0.2) is 0 Å². The number of halogens is 2. The van der Waals surface area contributed by atoms with Gasteiger partial charge in [0.25, 0.3) is 0 Å². The van der Waals surface area contributed by atoms with Gasteiger partial charge in [0.1, 0.15) is 5.82 Å². The van der Waals surface area contributed by atoms with E-state index in [0.717, 1.165) is 11.4 Å². The van der Waals surface area contributed by atoms with Gasteiger partial charge in [-0.25, -0.2) is 4.39 Å². The normalized spacial score (nSPS) is 10.3. The van der Waals surface area contributed by atoms with Crippen LogP contribution in [-0.4, -0.2) is 4.98 Å². The molecule has 0 aliphatic heterocycles. The van der Waals surface area contributed by atoms with Gasteiger partial charge in [0.05, 0.1) is 11.0 Å². The monoisotopic (exact) mass is 268 g/mol. The van der Waals surface area contributed by atoms with E-state index in [1.54, 1.807) is 12.1 Å². The average molecular weight is 269 g/mol. The zero-order valence-corrected chi connectivity index (χ0v) is 9.51. The lowest BCUT2D eigenvalue weighted by molar-refractivity contribution is 0.621. The first-order chi connectivity index (χ1) is 7.25. The van der Waals surface area contributed by atoms with Gasteiger partial charge in [0, 0.05) is 17.6 Å². The Morgan fingerprint density at radius 1 is 1.33 bits per heavy atom. The van der Waals surface area contributed by atoms with E-state index >= 15 is 0 Å². The third-order valence-electron chi connectivity index (χ3n) is 2.06. The summed E-state index contributed by atoms with van der Waals surface area (Å²) < 4.78 is 13.4. The zero-order chi connectivity index (χ0) is 10.7. The predicted molar refractivity (Wildman–Crippen MR) is 62.2 cm³/mol. The van der Waals surface area contributed by atoms with E-state index in [1.807, 2.05) is 18.3 Å². The maximum absolute atomic E-state index is 12.9. The first-order valence-electron chi connectivity index (χ1n) is 4.57. The molecule has 2 nitrogen and oxygen atoms in total. The molecule has 1 aromatic carbocycles. The highest BCUT2D eigenvalue weighted by Crippen LogP contribution is 2.20. The molecular formula is C11H10BrFN2. The summed E-state index contributed by atoms with van der Waals surface area (Å²) in [6.45, 7) is 0.699. The van der Waals surface area contributed by atoms with Gasteiger partial charge in [-0.15, -0.1) is 0 Å². The summed E-state index contributed by atoms with van der Waals surface area (Å²) in [5.74, 6) is -0.250. The van der Waals surface area contributed by atoms with Gasteiger partial charge < -0.3 is 10.3 Å². The minimum Gasteiger partial charge on any atom is -0.379 e. The van der Waals surface area contributed by atoms with Crippen LogP contribution in [0.25, 0.3) is 0 Å². The van der Waals surface area contributed by atoms with Crippen molar-refractivity contribution in [3.63, 3.8) is 0 Å². The Hall–Kier alpha value is -1.29. The van der Waals surface area contributed by atoms with Gasteiger partial charge in [0.2, 0.25) is 0 Å². The third-order valence-corrected chi connectivity index (χ3v) is 2.67. The van der Waals surface area contributed by atoms with Crippen LogP contribution in [0.15, 0.2) is 41.0 Å². The van der Waals surface area contributed by atoms with Crippen LogP contribution >= 0.6 is 15.9 Å². The number of aromatic nitrogens is 1. The zero-order valence-electron chi connectivity index (χ0n) is 7.93. The highest BCUT2D eigenvalue weighted by Gasteiger charge is 2.00. The highest BCUT2D eigenvalue weighted by molar-refractivity contribution is 9.10. The van der Waals surface area contributed by atoms with Gasteiger partial charge in [-0.1, -0.05) is 0 Å². The second kappa shape index (κ2) is 4.49. The fourth-order valence-corrected chi connectivity index (χ4v) is 1.66. The number of H-pyrrole nitrogens is 1. The van der Waals surface area contributed by atoms with Crippen LogP contribution in [0, 0.1) is 5.82 Å². The van der Waals surface area contributed by atoms with Crippen LogP contribution in [-0.2, 0) is 6.54 Å². The standard InChI is InChI=1S/C11H10BrFN2/c12-10-6-8(3-4-11(10)13)15-7-9-2-1-5-14-9/h1-6,14-15H,7H2. The first kappa shape index (κ1) is 10.2. The highest BCUT2D eigenvalue weighted by atomic mass is 79.9. The largest absolute Gasteiger partial charge is 0.379 e. The first-order valence-corrected chi connectivity index (χ1v) is 5.36. The molecule has 78 valence electrons. The van der Waals surface area contributed by atoms with Crippen LogP contribution < -0.4 is 5.32 Å². The summed E-state index contributed by atoms with van der Waals surface area (Å²) in [6.07, 6.45) is 1.87. The lowest BCUT2D eigenvalue weighted by Gasteiger charge is -2.05. The summed E-state index contributed by atoms with van der Waals surface area (Å²) >= 11 is 3.14. The maximum Gasteiger partial charge on any atom is 0.137 e. The molecule has 2 aromatic rings. The lowest BCUT2D eigenvalue weighted by Crippen LogP contribution is -1.99. The molecule has 1 aromatic heterocycles. The topological polar surface area (TPSA) is 27.8 Å². The van der Waals surface area contributed by atoms with Crippen molar-refractivity contribution >= 4 is 21.6 Å². The van der Waals surface area contributed by atoms with E-state index in [0.29, 0.717) is 11.0 Å². The molecule has 0 fully saturated rings. The number of hydrogen-bond donors (Lipinski definition) is 2. The lowest BCUT2D eigenvalue weighted by atomic mass is 10.3. The second-order valence-corrected chi connectivity index (χ2v) is 4.03. The molecule has 4 heteroatoms. The molecule has 0 unspecified atom stereocenters. The molecule has 0 amide bonds. The maximum atomic E-state index is 12.9. The van der Waals surface area contributed by atoms with Gasteiger partial charge in [-0.05, 0) is 46.3 Å². The molecule has 0 bridgehead atoms. The third kappa shape index (κ3) is 2.59. The van der Waals surface area contributed by atoms with Crippen LogP contribution in [0.5, 0.6) is 0 Å². The average Bonchev–Trinajstić information content (AvgIpc) is 2.73. The Labute approximate surface area is 95.6 Å². The molecule has 0 radical (unpaired) electrons. The Morgan fingerprint density at radius 3 is 2.87 bits per heavy atom. The Morgan fingerprint density at radius 2 is 2.20 bits per heavy atom. The van der Waals surface area contributed by atoms with E-state index in [1.165, 1.54) is 6.07 Å². The Bertz CT molecular complexity index is 440. The Kier molecular flexibility index (Phi) is 3.06. The molecule has 0 spiro atoms. The minimum atomic E-state index is -0.250. The molecule has 0 saturated carbocycles. The quantitative estimate of drug-likeness (QED) is 0.876. The number of aromatic amines is 1. The molecular weight excluding hydrogens is 259 g/mol. The van der Waals surface area contributed by atoms with Crippen molar-refractivity contribution in [2.75, 3.05) is 5.32 Å². The molecule has 0 atom stereocenters. The van der Waals surface area contributed by atoms with E-state index in [-0.39, 0.29) is 5.82 Å². The smallest absolute Gasteiger partial charge is 0.137 e. The molecule has 0 aliphatic carbocycles. The predicted octanol–water partition coefficient (Wildman–Crippen LogP) is 3.53. The van der Waals surface area contributed by atoms with Crippen molar-refractivity contribution in [1.29, 1.82) is 0 Å². The van der Waals surface area contributed by atoms with Gasteiger partial charge >= 0.3 is 0 Å². The molecule has 2 N–H and O–H groups in total. The van der Waals surface area contributed by atoms with E-state index in [4.69, 9.17) is 0 Å². The van der Waals surface area contributed by atoms with Crippen LogP contribution in [0.1, 0.15) is 5.69 Å². The van der Waals surface area contributed by atoms with Crippen molar-refractivity contribution in [2.24, 2.45) is 0 Å². The SMILES string of the molecule is Fc1ccc(NCc2ccc[nH]2)cc1Br. The molecule has 0 saturated heterocycles. The van der Waals surface area contributed by atoms with Crippen LogP contribution in [0.4, 0.5) is 10.1 Å². The van der Waals surface area contributed by atoms with Crippen molar-refractivity contribution in [2.45, 2.75) is 6.54 Å². The van der Waals surface area contributed by atoms with Gasteiger partial charge in [-0.2, -0.15) is 0 Å². The molecule has 1 heterocycles. The van der Waals surface area contributed by atoms with Crippen LogP contribution in [0.3, 0.4) is 0 Å². The number of benzene rings is 1. The minimum absolute atomic E-state index is 0.250. The molecule has 15 heavy (non-hydrogen) atoms. The van der Waals surface area contributed by atoms with Crippen molar-refractivity contribution < 1.29 is 4.39 Å². The van der Waals surface area contributed by atoms with Crippen LogP contribution in [0.2, 0.25) is 0 Å². The fraction of sp³-hybridized carbons (Fsp3) is 0.0909. The number of hydrogen-bond acceptors (Lipinski definition) is 1. The second-order valence-electron chi connectivity index (χ2n) is 3.18. The number of nitrogens with one attached hydrogen (secondary N) is 2. The van der Waals surface area contributed by atoms with E-state index in [9.17, 15) is 4.39 Å². The van der Waals surface area contributed by atoms with Gasteiger partial charge in [-0.3, -0.25) is 0 Å². The summed E-state index contributed by atoms with van der Waals surface area (Å²) in [5.41, 5.74) is 1.98. The molecule has 0 aliphatic rings. The van der Waals surface area contributed by atoms with Crippen molar-refractivity contribution in [1.82, 2.24) is 4.98 Å². The van der Waals surface area contributed by atoms with E-state index < -0.39 is 0 Å². The van der Waals surface area contributed by atoms with Crippen molar-refractivity contribution in [3.8, 4) is 0 Å². The van der Waals surface area contributed by atoms with E-state index in [2.05, 4.69) is 26.2 Å². The molecule has 2 rings (SSSR count).